The van der Waals surface area contributed by atoms with Gasteiger partial charge in [-0.3, -0.25) is 14.8 Å². The first kappa shape index (κ1) is 12.3. The van der Waals surface area contributed by atoms with E-state index in [9.17, 15) is 4.79 Å². The molecule has 0 atom stereocenters. The Morgan fingerprint density at radius 1 is 1.65 bits per heavy atom. The quantitative estimate of drug-likeness (QED) is 0.834. The van der Waals surface area contributed by atoms with Gasteiger partial charge in [0.1, 0.15) is 0 Å². The molecule has 0 unspecified atom stereocenters. The van der Waals surface area contributed by atoms with E-state index in [2.05, 4.69) is 10.4 Å². The summed E-state index contributed by atoms with van der Waals surface area (Å²) in [6.45, 7) is 2.47. The van der Waals surface area contributed by atoms with Gasteiger partial charge in [-0.15, -0.1) is 0 Å². The first-order valence-electron chi connectivity index (χ1n) is 5.70. The summed E-state index contributed by atoms with van der Waals surface area (Å²) in [5.74, 6) is 0.392. The summed E-state index contributed by atoms with van der Waals surface area (Å²) in [7, 11) is 1.75. The Bertz CT molecular complexity index is 432. The normalized spacial score (nSPS) is 14.8. The highest BCUT2D eigenvalue weighted by Gasteiger charge is 2.31. The van der Waals surface area contributed by atoms with Gasteiger partial charge in [-0.1, -0.05) is 11.6 Å². The largest absolute Gasteiger partial charge is 0.281 e. The number of hydrazine groups is 1. The third kappa shape index (κ3) is 3.17. The number of aryl methyl sites for hydroxylation is 1. The fraction of sp³-hybridized carbons (Fsp3) is 0.500. The van der Waals surface area contributed by atoms with E-state index in [1.165, 1.54) is 0 Å². The lowest BCUT2D eigenvalue weighted by atomic mass is 10.2. The van der Waals surface area contributed by atoms with Gasteiger partial charge in [-0.25, -0.2) is 5.43 Å². The van der Waals surface area contributed by atoms with Gasteiger partial charge in [0, 0.05) is 19.2 Å². The highest BCUT2D eigenvalue weighted by atomic mass is 35.5. The number of hydrogen-bond acceptors (Lipinski definition) is 3. The molecule has 1 saturated carbocycles. The Morgan fingerprint density at radius 3 is 2.94 bits per heavy atom. The zero-order valence-corrected chi connectivity index (χ0v) is 10.8. The van der Waals surface area contributed by atoms with E-state index >= 15 is 0 Å². The van der Waals surface area contributed by atoms with Gasteiger partial charge in [0.05, 0.1) is 17.3 Å². The molecule has 0 spiro atoms. The molecule has 1 aliphatic rings. The molecule has 1 aromatic rings. The molecule has 1 amide bonds. The fourth-order valence-corrected chi connectivity index (χ4v) is 1.68. The van der Waals surface area contributed by atoms with Crippen LogP contribution in [0.4, 0.5) is 0 Å². The van der Waals surface area contributed by atoms with Gasteiger partial charge in [0.2, 0.25) is 5.91 Å². The third-order valence-corrected chi connectivity index (χ3v) is 3.25. The molecule has 1 aromatic heterocycles. The molecule has 0 saturated heterocycles. The summed E-state index contributed by atoms with van der Waals surface area (Å²) in [4.78, 5) is 15.9. The van der Waals surface area contributed by atoms with E-state index in [0.717, 1.165) is 24.1 Å². The van der Waals surface area contributed by atoms with Gasteiger partial charge in [0.25, 0.3) is 0 Å². The van der Waals surface area contributed by atoms with Crippen molar-refractivity contribution >= 4 is 17.5 Å². The molecular weight excluding hydrogens is 238 g/mol. The first-order valence-corrected chi connectivity index (χ1v) is 6.08. The smallest absolute Gasteiger partial charge is 0.239 e. The van der Waals surface area contributed by atoms with Crippen LogP contribution in [-0.2, 0) is 11.3 Å². The van der Waals surface area contributed by atoms with Crippen LogP contribution in [0.25, 0.3) is 0 Å². The lowest BCUT2D eigenvalue weighted by Gasteiger charge is -2.18. The van der Waals surface area contributed by atoms with Crippen LogP contribution in [0.2, 0.25) is 5.02 Å². The molecular formula is C12H16ClN3O. The second-order valence-corrected chi connectivity index (χ2v) is 4.84. The number of nitrogens with zero attached hydrogens (tertiary/aromatic N) is 2. The van der Waals surface area contributed by atoms with Crippen molar-refractivity contribution in [3.8, 4) is 0 Å². The number of aromatic nitrogens is 1. The van der Waals surface area contributed by atoms with Crippen LogP contribution in [0.1, 0.15) is 24.1 Å². The van der Waals surface area contributed by atoms with Crippen LogP contribution in [0.5, 0.6) is 0 Å². The van der Waals surface area contributed by atoms with Crippen molar-refractivity contribution in [3.63, 3.8) is 0 Å². The Hall–Kier alpha value is -1.13. The summed E-state index contributed by atoms with van der Waals surface area (Å²) < 4.78 is 0. The summed E-state index contributed by atoms with van der Waals surface area (Å²) in [5.41, 5.74) is 4.92. The Kier molecular flexibility index (Phi) is 3.64. The number of rotatable bonds is 4. The molecule has 0 aliphatic heterocycles. The summed E-state index contributed by atoms with van der Waals surface area (Å²) >= 11 is 5.90. The number of carbonyl (C=O) groups excluding carboxylic acids is 1. The van der Waals surface area contributed by atoms with Crippen LogP contribution >= 0.6 is 11.6 Å². The number of hydrogen-bond donors (Lipinski definition) is 1. The van der Waals surface area contributed by atoms with Crippen molar-refractivity contribution in [1.29, 1.82) is 0 Å². The van der Waals surface area contributed by atoms with Gasteiger partial charge < -0.3 is 0 Å². The average Bonchev–Trinajstić information content (AvgIpc) is 3.13. The van der Waals surface area contributed by atoms with Crippen molar-refractivity contribution in [1.82, 2.24) is 15.4 Å². The topological polar surface area (TPSA) is 45.2 Å². The molecule has 5 heteroatoms. The number of nitrogens with one attached hydrogen (secondary N) is 1. The van der Waals surface area contributed by atoms with Crippen LogP contribution in [0, 0.1) is 12.8 Å². The van der Waals surface area contributed by atoms with Gasteiger partial charge >= 0.3 is 0 Å². The molecule has 92 valence electrons. The molecule has 0 radical (unpaired) electrons. The SMILES string of the molecule is Cc1cc(CNN(C)C(=O)C2CC2)ncc1Cl. The molecule has 0 bridgehead atoms. The predicted octanol–water partition coefficient (Wildman–Crippen LogP) is 1.92. The monoisotopic (exact) mass is 253 g/mol. The minimum absolute atomic E-state index is 0.163. The zero-order chi connectivity index (χ0) is 12.4. The van der Waals surface area contributed by atoms with Crippen molar-refractivity contribution < 1.29 is 4.79 Å². The molecule has 4 nitrogen and oxygen atoms in total. The van der Waals surface area contributed by atoms with Crippen molar-refractivity contribution in [2.45, 2.75) is 26.3 Å². The van der Waals surface area contributed by atoms with Gasteiger partial charge in [0.15, 0.2) is 0 Å². The Morgan fingerprint density at radius 2 is 2.35 bits per heavy atom. The molecule has 1 N–H and O–H groups in total. The molecule has 17 heavy (non-hydrogen) atoms. The molecule has 1 heterocycles. The number of halogens is 1. The van der Waals surface area contributed by atoms with E-state index < -0.39 is 0 Å². The summed E-state index contributed by atoms with van der Waals surface area (Å²) in [6, 6.07) is 1.92. The minimum atomic E-state index is 0.163. The van der Waals surface area contributed by atoms with Crippen LogP contribution in [-0.4, -0.2) is 22.9 Å². The Balaban J connectivity index is 1.88. The van der Waals surface area contributed by atoms with Crippen molar-refractivity contribution in [3.05, 3.63) is 28.5 Å². The second-order valence-electron chi connectivity index (χ2n) is 4.43. The summed E-state index contributed by atoms with van der Waals surface area (Å²) in [5, 5.41) is 2.22. The minimum Gasteiger partial charge on any atom is -0.281 e. The average molecular weight is 254 g/mol. The van der Waals surface area contributed by atoms with E-state index in [-0.39, 0.29) is 11.8 Å². The van der Waals surface area contributed by atoms with E-state index in [4.69, 9.17) is 11.6 Å². The lowest BCUT2D eigenvalue weighted by Crippen LogP contribution is -2.40. The standard InChI is InChI=1S/C12H16ClN3O/c1-8-5-10(14-7-11(8)13)6-15-16(2)12(17)9-3-4-9/h5,7,9,15H,3-4,6H2,1-2H3. The van der Waals surface area contributed by atoms with Gasteiger partial charge in [-0.05, 0) is 31.4 Å². The van der Waals surface area contributed by atoms with Crippen LogP contribution in [0.15, 0.2) is 12.3 Å². The fourth-order valence-electron chi connectivity index (χ4n) is 1.58. The van der Waals surface area contributed by atoms with Crippen molar-refractivity contribution in [2.75, 3.05) is 7.05 Å². The third-order valence-electron chi connectivity index (χ3n) is 2.86. The van der Waals surface area contributed by atoms with Crippen LogP contribution in [0.3, 0.4) is 0 Å². The number of amides is 1. The summed E-state index contributed by atoms with van der Waals surface area (Å²) in [6.07, 6.45) is 3.67. The highest BCUT2D eigenvalue weighted by Crippen LogP contribution is 2.30. The van der Waals surface area contributed by atoms with Crippen LogP contribution < -0.4 is 5.43 Å². The van der Waals surface area contributed by atoms with Crippen molar-refractivity contribution in [2.24, 2.45) is 5.92 Å². The number of carbonyl (C=O) groups is 1. The predicted molar refractivity (Wildman–Crippen MR) is 66.3 cm³/mol. The molecule has 1 aliphatic carbocycles. The molecule has 0 aromatic carbocycles. The maximum absolute atomic E-state index is 11.7. The van der Waals surface area contributed by atoms with E-state index in [1.807, 2.05) is 13.0 Å². The number of pyridine rings is 1. The van der Waals surface area contributed by atoms with E-state index in [0.29, 0.717) is 11.6 Å². The molecule has 1 fully saturated rings. The van der Waals surface area contributed by atoms with Gasteiger partial charge in [-0.2, -0.15) is 0 Å². The highest BCUT2D eigenvalue weighted by molar-refractivity contribution is 6.31. The first-order chi connectivity index (χ1) is 8.08. The maximum atomic E-state index is 11.7. The zero-order valence-electron chi connectivity index (χ0n) is 10.0. The maximum Gasteiger partial charge on any atom is 0.239 e. The Labute approximate surface area is 106 Å². The van der Waals surface area contributed by atoms with E-state index in [1.54, 1.807) is 18.3 Å². The molecule has 2 rings (SSSR count). The second kappa shape index (κ2) is 5.02. The lowest BCUT2D eigenvalue weighted by molar-refractivity contribution is -0.134.